The molecule has 0 radical (unpaired) electrons. The van der Waals surface area contributed by atoms with Gasteiger partial charge in [-0.05, 0) is 0 Å². The lowest BCUT2D eigenvalue weighted by molar-refractivity contribution is 0.0695. The zero-order valence-corrected chi connectivity index (χ0v) is 10.5. The summed E-state index contributed by atoms with van der Waals surface area (Å²) in [5.74, 6) is 0. The molecule has 0 aromatic carbocycles. The minimum absolute atomic E-state index is 0.247. The van der Waals surface area contributed by atoms with Crippen LogP contribution in [0, 0.1) is 0 Å². The van der Waals surface area contributed by atoms with Gasteiger partial charge in [0.05, 0.1) is 18.4 Å². The zero-order valence-electron chi connectivity index (χ0n) is 9.02. The van der Waals surface area contributed by atoms with Gasteiger partial charge in [0.25, 0.3) is 0 Å². The molecule has 0 amide bonds. The second-order valence-electron chi connectivity index (χ2n) is 3.33. The molecule has 0 aliphatic heterocycles. The summed E-state index contributed by atoms with van der Waals surface area (Å²) in [6.45, 7) is 0.629. The second-order valence-corrected chi connectivity index (χ2v) is 4.08. The molecule has 1 aromatic heterocycles. The third kappa shape index (κ3) is 3.75. The van der Waals surface area contributed by atoms with Crippen LogP contribution >= 0.6 is 23.2 Å². The summed E-state index contributed by atoms with van der Waals surface area (Å²) in [7, 11) is 3.30. The number of ether oxygens (including phenoxy) is 1. The molecule has 1 rings (SSSR count). The van der Waals surface area contributed by atoms with Gasteiger partial charge in [-0.25, -0.2) is 0 Å². The molecule has 7 heteroatoms. The van der Waals surface area contributed by atoms with Gasteiger partial charge in [0.1, 0.15) is 0 Å². The largest absolute Gasteiger partial charge is 0.389 e. The first-order chi connectivity index (χ1) is 7.54. The average molecular weight is 266 g/mol. The molecule has 0 saturated carbocycles. The number of hydrogen-bond acceptors (Lipinski definition) is 5. The van der Waals surface area contributed by atoms with Crippen LogP contribution in [0.15, 0.2) is 6.07 Å². The first-order valence-electron chi connectivity index (χ1n) is 4.61. The van der Waals surface area contributed by atoms with Gasteiger partial charge in [0.2, 0.25) is 0 Å². The summed E-state index contributed by atoms with van der Waals surface area (Å²) in [6, 6.07) is 1.59. The van der Waals surface area contributed by atoms with E-state index in [1.54, 1.807) is 18.0 Å². The van der Waals surface area contributed by atoms with Crippen LogP contribution in [0.3, 0.4) is 0 Å². The molecule has 0 saturated heterocycles. The highest BCUT2D eigenvalue weighted by molar-refractivity contribution is 6.33. The van der Waals surface area contributed by atoms with Crippen LogP contribution in [0.2, 0.25) is 10.3 Å². The molecule has 1 heterocycles. The van der Waals surface area contributed by atoms with E-state index in [1.165, 1.54) is 7.11 Å². The Labute approximate surface area is 104 Å². The second kappa shape index (κ2) is 6.20. The minimum atomic E-state index is -0.599. The molecule has 1 atom stereocenters. The van der Waals surface area contributed by atoms with Crippen molar-refractivity contribution in [3.05, 3.63) is 16.4 Å². The van der Waals surface area contributed by atoms with Gasteiger partial charge in [-0.1, -0.05) is 23.2 Å². The van der Waals surface area contributed by atoms with Crippen LogP contribution in [-0.4, -0.2) is 48.7 Å². The molecule has 5 nitrogen and oxygen atoms in total. The van der Waals surface area contributed by atoms with Crippen molar-refractivity contribution in [2.45, 2.75) is 6.10 Å². The standard InChI is InChI=1S/C9H13Cl2N3O2/c1-14(4-6(15)5-16-2)7-3-8(10)12-13-9(7)11/h3,6,15H,4-5H2,1-2H3. The molecule has 16 heavy (non-hydrogen) atoms. The number of anilines is 1. The molecule has 0 fully saturated rings. The lowest BCUT2D eigenvalue weighted by Crippen LogP contribution is -2.32. The first kappa shape index (κ1) is 13.4. The number of halogens is 2. The van der Waals surface area contributed by atoms with Gasteiger partial charge in [-0.3, -0.25) is 0 Å². The van der Waals surface area contributed by atoms with E-state index in [9.17, 15) is 5.11 Å². The van der Waals surface area contributed by atoms with Crippen molar-refractivity contribution in [1.29, 1.82) is 0 Å². The van der Waals surface area contributed by atoms with Crippen molar-refractivity contribution < 1.29 is 9.84 Å². The maximum absolute atomic E-state index is 9.56. The predicted octanol–water partition coefficient (Wildman–Crippen LogP) is 1.23. The van der Waals surface area contributed by atoms with E-state index < -0.39 is 6.10 Å². The minimum Gasteiger partial charge on any atom is -0.389 e. The Morgan fingerprint density at radius 2 is 2.19 bits per heavy atom. The topological polar surface area (TPSA) is 58.5 Å². The lowest BCUT2D eigenvalue weighted by atomic mass is 10.3. The normalized spacial score (nSPS) is 12.6. The number of rotatable bonds is 5. The summed E-state index contributed by atoms with van der Waals surface area (Å²) in [5, 5.41) is 17.4. The van der Waals surface area contributed by atoms with Crippen LogP contribution in [0.5, 0.6) is 0 Å². The molecule has 0 aliphatic rings. The van der Waals surface area contributed by atoms with Gasteiger partial charge < -0.3 is 14.7 Å². The highest BCUT2D eigenvalue weighted by Gasteiger charge is 2.13. The Balaban J connectivity index is 2.72. The van der Waals surface area contributed by atoms with Crippen LogP contribution in [0.25, 0.3) is 0 Å². The van der Waals surface area contributed by atoms with Crippen molar-refractivity contribution in [2.75, 3.05) is 32.2 Å². The third-order valence-electron chi connectivity index (χ3n) is 1.96. The Morgan fingerprint density at radius 3 is 2.81 bits per heavy atom. The highest BCUT2D eigenvalue weighted by Crippen LogP contribution is 2.24. The van der Waals surface area contributed by atoms with Gasteiger partial charge in [0, 0.05) is 26.8 Å². The number of likely N-dealkylation sites (N-methyl/N-ethyl adjacent to an activating group) is 1. The summed E-state index contributed by atoms with van der Waals surface area (Å²) in [5.41, 5.74) is 0.622. The third-order valence-corrected chi connectivity index (χ3v) is 2.41. The molecule has 0 bridgehead atoms. The van der Waals surface area contributed by atoms with Gasteiger partial charge in [-0.2, -0.15) is 0 Å². The summed E-state index contributed by atoms with van der Waals surface area (Å²) in [6.07, 6.45) is -0.599. The van der Waals surface area contributed by atoms with Gasteiger partial charge >= 0.3 is 0 Å². The van der Waals surface area contributed by atoms with Crippen LogP contribution in [0.4, 0.5) is 5.69 Å². The van der Waals surface area contributed by atoms with Crippen LogP contribution < -0.4 is 4.90 Å². The molecular formula is C9H13Cl2N3O2. The molecular weight excluding hydrogens is 253 g/mol. The number of aliphatic hydroxyl groups excluding tert-OH is 1. The van der Waals surface area contributed by atoms with E-state index in [-0.39, 0.29) is 16.9 Å². The van der Waals surface area contributed by atoms with Crippen molar-refractivity contribution in [2.24, 2.45) is 0 Å². The Bertz CT molecular complexity index is 352. The number of aromatic nitrogens is 2. The number of hydrogen-bond donors (Lipinski definition) is 1. The van der Waals surface area contributed by atoms with Crippen LogP contribution in [0.1, 0.15) is 0 Å². The molecule has 0 aliphatic carbocycles. The number of nitrogens with zero attached hydrogens (tertiary/aromatic N) is 3. The summed E-state index contributed by atoms with van der Waals surface area (Å²) < 4.78 is 4.83. The molecule has 1 N–H and O–H groups in total. The highest BCUT2D eigenvalue weighted by atomic mass is 35.5. The fraction of sp³-hybridized carbons (Fsp3) is 0.556. The number of methoxy groups -OCH3 is 1. The quantitative estimate of drug-likeness (QED) is 0.868. The fourth-order valence-electron chi connectivity index (χ4n) is 1.27. The molecule has 0 spiro atoms. The zero-order chi connectivity index (χ0) is 12.1. The first-order valence-corrected chi connectivity index (χ1v) is 5.37. The van der Waals surface area contributed by atoms with Gasteiger partial charge in [0.15, 0.2) is 10.3 Å². The lowest BCUT2D eigenvalue weighted by Gasteiger charge is -2.22. The van der Waals surface area contributed by atoms with E-state index in [4.69, 9.17) is 27.9 Å². The smallest absolute Gasteiger partial charge is 0.175 e. The van der Waals surface area contributed by atoms with Crippen molar-refractivity contribution in [1.82, 2.24) is 10.2 Å². The predicted molar refractivity (Wildman–Crippen MR) is 63.2 cm³/mol. The summed E-state index contributed by atoms with van der Waals surface area (Å²) >= 11 is 11.6. The average Bonchev–Trinajstić information content (AvgIpc) is 2.21. The summed E-state index contributed by atoms with van der Waals surface area (Å²) in [4.78, 5) is 1.74. The SMILES string of the molecule is COCC(O)CN(C)c1cc(Cl)nnc1Cl. The molecule has 1 aromatic rings. The Kier molecular flexibility index (Phi) is 5.21. The van der Waals surface area contributed by atoms with E-state index >= 15 is 0 Å². The van der Waals surface area contributed by atoms with E-state index in [2.05, 4.69) is 10.2 Å². The van der Waals surface area contributed by atoms with E-state index in [1.807, 2.05) is 0 Å². The van der Waals surface area contributed by atoms with E-state index in [0.29, 0.717) is 12.2 Å². The maximum atomic E-state index is 9.56. The van der Waals surface area contributed by atoms with Crippen molar-refractivity contribution in [3.63, 3.8) is 0 Å². The Morgan fingerprint density at radius 1 is 1.50 bits per heavy atom. The van der Waals surface area contributed by atoms with Crippen molar-refractivity contribution >= 4 is 28.9 Å². The monoisotopic (exact) mass is 265 g/mol. The fourth-order valence-corrected chi connectivity index (χ4v) is 1.65. The Hall–Kier alpha value is -0.620. The van der Waals surface area contributed by atoms with Crippen molar-refractivity contribution in [3.8, 4) is 0 Å². The van der Waals surface area contributed by atoms with E-state index in [0.717, 1.165) is 0 Å². The number of aliphatic hydroxyl groups is 1. The molecule has 90 valence electrons. The van der Waals surface area contributed by atoms with Gasteiger partial charge in [-0.15, -0.1) is 10.2 Å². The van der Waals surface area contributed by atoms with Crippen LogP contribution in [-0.2, 0) is 4.74 Å². The maximum Gasteiger partial charge on any atom is 0.175 e. The molecule has 1 unspecified atom stereocenters.